The Balaban J connectivity index is 2.06. The number of aromatic nitrogens is 2. The first kappa shape index (κ1) is 14.9. The van der Waals surface area contributed by atoms with Gasteiger partial charge in [0.15, 0.2) is 0 Å². The number of hydrogen-bond donors (Lipinski definition) is 4. The number of aliphatic hydroxyl groups excluding tert-OH is 2. The first-order chi connectivity index (χ1) is 10.0. The third-order valence-electron chi connectivity index (χ3n) is 3.82. The minimum atomic E-state index is -1.27. The summed E-state index contributed by atoms with van der Waals surface area (Å²) >= 11 is 7.23. The van der Waals surface area contributed by atoms with Gasteiger partial charge in [0, 0.05) is 5.56 Å². The number of thiophene rings is 1. The van der Waals surface area contributed by atoms with Crippen LogP contribution >= 0.6 is 22.9 Å². The van der Waals surface area contributed by atoms with Gasteiger partial charge in [-0.1, -0.05) is 0 Å². The molecule has 2 aromatic rings. The molecule has 0 radical (unpaired) electrons. The monoisotopic (exact) mass is 330 g/mol. The summed E-state index contributed by atoms with van der Waals surface area (Å²) in [5.74, 6) is 0.322. The van der Waals surface area contributed by atoms with Crippen molar-refractivity contribution < 1.29 is 14.9 Å². The van der Waals surface area contributed by atoms with E-state index in [1.165, 1.54) is 17.7 Å². The molecule has 1 aliphatic rings. The Hall–Kier alpha value is -1.03. The van der Waals surface area contributed by atoms with Gasteiger partial charge in [0.05, 0.1) is 28.7 Å². The molecule has 3 heterocycles. The summed E-state index contributed by atoms with van der Waals surface area (Å²) in [4.78, 5) is 8.15. The number of nitrogen functional groups attached to an aromatic ring is 1. The highest BCUT2D eigenvalue weighted by atomic mass is 35.5. The van der Waals surface area contributed by atoms with Gasteiger partial charge in [-0.15, -0.1) is 22.9 Å². The van der Waals surface area contributed by atoms with E-state index in [0.29, 0.717) is 11.3 Å². The minimum absolute atomic E-state index is 0.0614. The molecule has 114 valence electrons. The van der Waals surface area contributed by atoms with E-state index in [1.807, 2.05) is 5.38 Å². The molecule has 0 unspecified atom stereocenters. The van der Waals surface area contributed by atoms with Gasteiger partial charge in [0.1, 0.15) is 30.0 Å². The molecular formula is C12H15ClN4O3S. The predicted molar refractivity (Wildman–Crippen MR) is 80.2 cm³/mol. The lowest BCUT2D eigenvalue weighted by atomic mass is 9.94. The number of aliphatic hydroxyl groups is 2. The van der Waals surface area contributed by atoms with Crippen LogP contribution in [0.4, 0.5) is 5.82 Å². The maximum atomic E-state index is 10.3. The Bertz CT molecular complexity index is 663. The standard InChI is InChI=1S/C12H15ClN4O3S/c13-2-12(3-18)10(19)6(14)8(20-12)5-1-21-9-7(5)16-4-17-11(9)15/h1,4,6,8,10,18-19H,2-3,14H2,(H2,15,16,17)/t6-,8-,10-,12+/m0/s1. The molecule has 6 N–H and O–H groups in total. The van der Waals surface area contributed by atoms with Gasteiger partial charge >= 0.3 is 0 Å². The first-order valence-corrected chi connectivity index (χ1v) is 7.71. The predicted octanol–water partition coefficient (Wildman–Crippen LogP) is 0.00290. The SMILES string of the molecule is Nc1ncnc2c([C@@H]3O[C@@](CO)(CCl)[C@@H](O)[C@H]3N)csc12. The molecule has 2 aromatic heterocycles. The molecule has 4 atom stereocenters. The van der Waals surface area contributed by atoms with Gasteiger partial charge in [0.25, 0.3) is 0 Å². The molecule has 0 bridgehead atoms. The van der Waals surface area contributed by atoms with Crippen LogP contribution in [-0.4, -0.2) is 50.4 Å². The number of halogens is 1. The highest BCUT2D eigenvalue weighted by Gasteiger charge is 2.53. The van der Waals surface area contributed by atoms with Crippen LogP contribution < -0.4 is 11.5 Å². The number of alkyl halides is 1. The Kier molecular flexibility index (Phi) is 3.76. The van der Waals surface area contributed by atoms with Crippen LogP contribution in [0.2, 0.25) is 0 Å². The van der Waals surface area contributed by atoms with Crippen LogP contribution in [0.3, 0.4) is 0 Å². The van der Waals surface area contributed by atoms with E-state index in [1.54, 1.807) is 0 Å². The van der Waals surface area contributed by atoms with Crippen molar-refractivity contribution in [1.29, 1.82) is 0 Å². The largest absolute Gasteiger partial charge is 0.393 e. The average Bonchev–Trinajstić information content (AvgIpc) is 3.02. The maximum Gasteiger partial charge on any atom is 0.144 e. The van der Waals surface area contributed by atoms with Crippen LogP contribution in [0, 0.1) is 0 Å². The molecule has 9 heteroatoms. The molecule has 0 aliphatic carbocycles. The average molecular weight is 331 g/mol. The summed E-state index contributed by atoms with van der Waals surface area (Å²) in [6.45, 7) is -0.416. The molecule has 21 heavy (non-hydrogen) atoms. The van der Waals surface area contributed by atoms with Crippen LogP contribution in [0.25, 0.3) is 10.2 Å². The minimum Gasteiger partial charge on any atom is -0.393 e. The lowest BCUT2D eigenvalue weighted by Crippen LogP contribution is -2.50. The second-order valence-corrected chi connectivity index (χ2v) is 6.19. The van der Waals surface area contributed by atoms with Crippen molar-refractivity contribution in [2.45, 2.75) is 23.9 Å². The summed E-state index contributed by atoms with van der Waals surface area (Å²) in [5, 5.41) is 21.6. The van der Waals surface area contributed by atoms with Crippen molar-refractivity contribution >= 4 is 39.0 Å². The highest BCUT2D eigenvalue weighted by Crippen LogP contribution is 2.43. The van der Waals surface area contributed by atoms with E-state index in [2.05, 4.69) is 9.97 Å². The normalized spacial score (nSPS) is 32.9. The van der Waals surface area contributed by atoms with Crippen molar-refractivity contribution in [2.75, 3.05) is 18.2 Å². The van der Waals surface area contributed by atoms with Crippen molar-refractivity contribution in [3.63, 3.8) is 0 Å². The van der Waals surface area contributed by atoms with E-state index < -0.39 is 30.5 Å². The van der Waals surface area contributed by atoms with Crippen LogP contribution in [0.5, 0.6) is 0 Å². The third-order valence-corrected chi connectivity index (χ3v) is 5.29. The Morgan fingerprint density at radius 2 is 2.24 bits per heavy atom. The van der Waals surface area contributed by atoms with Crippen LogP contribution in [-0.2, 0) is 4.74 Å². The van der Waals surface area contributed by atoms with Crippen molar-refractivity contribution in [1.82, 2.24) is 9.97 Å². The first-order valence-electron chi connectivity index (χ1n) is 6.30. The molecular weight excluding hydrogens is 316 g/mol. The molecule has 1 saturated heterocycles. The molecule has 1 aliphatic heterocycles. The number of hydrogen-bond acceptors (Lipinski definition) is 8. The number of nitrogens with zero attached hydrogens (tertiary/aromatic N) is 2. The molecule has 3 rings (SSSR count). The van der Waals surface area contributed by atoms with Crippen molar-refractivity contribution in [2.24, 2.45) is 5.73 Å². The number of rotatable bonds is 3. The molecule has 1 fully saturated rings. The number of ether oxygens (including phenoxy) is 1. The molecule has 0 aromatic carbocycles. The number of nitrogens with two attached hydrogens (primary N) is 2. The van der Waals surface area contributed by atoms with Gasteiger partial charge in [-0.3, -0.25) is 0 Å². The van der Waals surface area contributed by atoms with E-state index in [-0.39, 0.29) is 5.88 Å². The summed E-state index contributed by atoms with van der Waals surface area (Å²) in [6.07, 6.45) is -0.320. The zero-order valence-corrected chi connectivity index (χ0v) is 12.5. The Morgan fingerprint density at radius 1 is 1.48 bits per heavy atom. The highest BCUT2D eigenvalue weighted by molar-refractivity contribution is 7.17. The van der Waals surface area contributed by atoms with E-state index in [4.69, 9.17) is 27.8 Å². The summed E-state index contributed by atoms with van der Waals surface area (Å²) in [7, 11) is 0. The zero-order chi connectivity index (χ0) is 15.2. The summed E-state index contributed by atoms with van der Waals surface area (Å²) < 4.78 is 6.55. The quantitative estimate of drug-likeness (QED) is 0.583. The fourth-order valence-corrected chi connectivity index (χ4v) is 3.81. The lowest BCUT2D eigenvalue weighted by Gasteiger charge is -2.27. The van der Waals surface area contributed by atoms with Gasteiger partial charge < -0.3 is 26.4 Å². The maximum absolute atomic E-state index is 10.3. The van der Waals surface area contributed by atoms with E-state index >= 15 is 0 Å². The van der Waals surface area contributed by atoms with Crippen molar-refractivity contribution in [3.8, 4) is 0 Å². The molecule has 0 spiro atoms. The van der Waals surface area contributed by atoms with E-state index in [0.717, 1.165) is 10.3 Å². The van der Waals surface area contributed by atoms with Crippen LogP contribution in [0.15, 0.2) is 11.7 Å². The van der Waals surface area contributed by atoms with Gasteiger partial charge in [-0.2, -0.15) is 0 Å². The van der Waals surface area contributed by atoms with E-state index in [9.17, 15) is 10.2 Å². The topological polar surface area (TPSA) is 128 Å². The lowest BCUT2D eigenvalue weighted by molar-refractivity contribution is -0.0965. The second kappa shape index (κ2) is 5.31. The van der Waals surface area contributed by atoms with Crippen molar-refractivity contribution in [3.05, 3.63) is 17.3 Å². The van der Waals surface area contributed by atoms with Gasteiger partial charge in [0.2, 0.25) is 0 Å². The summed E-state index contributed by atoms with van der Waals surface area (Å²) in [5.41, 5.74) is 12.0. The van der Waals surface area contributed by atoms with Gasteiger partial charge in [-0.05, 0) is 5.38 Å². The molecule has 7 nitrogen and oxygen atoms in total. The number of fused-ring (bicyclic) bond motifs is 1. The molecule has 0 amide bonds. The van der Waals surface area contributed by atoms with Gasteiger partial charge in [-0.25, -0.2) is 9.97 Å². The van der Waals surface area contributed by atoms with Crippen LogP contribution in [0.1, 0.15) is 11.7 Å². The summed E-state index contributed by atoms with van der Waals surface area (Å²) in [6, 6.07) is -0.718. The smallest absolute Gasteiger partial charge is 0.144 e. The Morgan fingerprint density at radius 3 is 2.86 bits per heavy atom. The Labute approximate surface area is 129 Å². The molecule has 0 saturated carbocycles. The number of anilines is 1. The fraction of sp³-hybridized carbons (Fsp3) is 0.500. The third kappa shape index (κ3) is 2.10. The zero-order valence-electron chi connectivity index (χ0n) is 10.9. The second-order valence-electron chi connectivity index (χ2n) is 5.04. The fourth-order valence-electron chi connectivity index (χ4n) is 2.56.